The van der Waals surface area contributed by atoms with E-state index < -0.39 is 0 Å². The Labute approximate surface area is 124 Å². The molecule has 4 nitrogen and oxygen atoms in total. The quantitative estimate of drug-likeness (QED) is 0.578. The monoisotopic (exact) mass is 293 g/mol. The number of benzene rings is 1. The normalized spacial score (nSPS) is 12.8. The summed E-state index contributed by atoms with van der Waals surface area (Å²) in [6, 6.07) is 6.50. The van der Waals surface area contributed by atoms with Crippen LogP contribution < -0.4 is 10.1 Å². The first-order valence-electron chi connectivity index (χ1n) is 7.13. The summed E-state index contributed by atoms with van der Waals surface area (Å²) in [7, 11) is 1.68. The van der Waals surface area contributed by atoms with E-state index in [2.05, 4.69) is 29.1 Å². The van der Waals surface area contributed by atoms with Crippen LogP contribution in [0.25, 0.3) is 11.0 Å². The molecular formula is C15H23N3OS. The molecule has 0 aliphatic heterocycles. The number of fused-ring (bicyclic) bond motifs is 1. The first-order valence-corrected chi connectivity index (χ1v) is 8.11. The molecule has 1 aromatic carbocycles. The highest BCUT2D eigenvalue weighted by molar-refractivity contribution is 7.99. The number of rotatable bonds is 8. The van der Waals surface area contributed by atoms with Crippen LogP contribution in [0.5, 0.6) is 5.75 Å². The lowest BCUT2D eigenvalue weighted by molar-refractivity contribution is 0.415. The van der Waals surface area contributed by atoms with E-state index in [4.69, 9.17) is 4.74 Å². The van der Waals surface area contributed by atoms with Crippen molar-refractivity contribution in [1.29, 1.82) is 0 Å². The molecule has 0 amide bonds. The average molecular weight is 293 g/mol. The van der Waals surface area contributed by atoms with Crippen LogP contribution in [0.3, 0.4) is 0 Å². The van der Waals surface area contributed by atoms with E-state index in [1.807, 2.05) is 18.2 Å². The molecular weight excluding hydrogens is 270 g/mol. The number of thioether (sulfide) groups is 1. The van der Waals surface area contributed by atoms with Crippen molar-refractivity contribution in [2.75, 3.05) is 19.4 Å². The molecule has 0 fully saturated rings. The molecule has 2 N–H and O–H groups in total. The van der Waals surface area contributed by atoms with Crippen LogP contribution in [0.15, 0.2) is 23.4 Å². The van der Waals surface area contributed by atoms with Crippen molar-refractivity contribution in [3.05, 3.63) is 18.2 Å². The standard InChI is InChI=1S/C15H23N3OS/c1-4-5-11(2)16-8-9-20-15-17-13-7-6-12(19-3)10-14(13)18-15/h6-7,10-11,16H,4-5,8-9H2,1-3H3,(H,17,18). The number of nitrogens with zero attached hydrogens (tertiary/aromatic N) is 1. The van der Waals surface area contributed by atoms with Gasteiger partial charge in [-0.25, -0.2) is 4.98 Å². The molecule has 5 heteroatoms. The largest absolute Gasteiger partial charge is 0.497 e. The Kier molecular flexibility index (Phi) is 5.73. The Morgan fingerprint density at radius 3 is 3.05 bits per heavy atom. The summed E-state index contributed by atoms with van der Waals surface area (Å²) >= 11 is 1.75. The fraction of sp³-hybridized carbons (Fsp3) is 0.533. The maximum absolute atomic E-state index is 5.21. The number of ether oxygens (including phenoxy) is 1. The molecule has 0 saturated heterocycles. The van der Waals surface area contributed by atoms with Crippen molar-refractivity contribution >= 4 is 22.8 Å². The number of H-pyrrole nitrogens is 1. The Morgan fingerprint density at radius 1 is 1.45 bits per heavy atom. The molecule has 1 aromatic heterocycles. The van der Waals surface area contributed by atoms with E-state index in [9.17, 15) is 0 Å². The minimum Gasteiger partial charge on any atom is -0.497 e. The zero-order valence-corrected chi connectivity index (χ0v) is 13.2. The third kappa shape index (κ3) is 4.15. The second-order valence-electron chi connectivity index (χ2n) is 4.92. The topological polar surface area (TPSA) is 49.9 Å². The van der Waals surface area contributed by atoms with Crippen LogP contribution >= 0.6 is 11.8 Å². The molecule has 20 heavy (non-hydrogen) atoms. The Bertz CT molecular complexity index is 541. The molecule has 1 atom stereocenters. The van der Waals surface area contributed by atoms with Crippen molar-refractivity contribution in [2.24, 2.45) is 0 Å². The highest BCUT2D eigenvalue weighted by Gasteiger charge is 2.05. The molecule has 2 rings (SSSR count). The summed E-state index contributed by atoms with van der Waals surface area (Å²) < 4.78 is 5.21. The molecule has 0 spiro atoms. The van der Waals surface area contributed by atoms with Gasteiger partial charge in [0.25, 0.3) is 0 Å². The minimum absolute atomic E-state index is 0.598. The predicted molar refractivity (Wildman–Crippen MR) is 85.7 cm³/mol. The van der Waals surface area contributed by atoms with Crippen LogP contribution in [-0.2, 0) is 0 Å². The highest BCUT2D eigenvalue weighted by Crippen LogP contribution is 2.22. The van der Waals surface area contributed by atoms with Gasteiger partial charge >= 0.3 is 0 Å². The van der Waals surface area contributed by atoms with Gasteiger partial charge in [0.1, 0.15) is 5.75 Å². The van der Waals surface area contributed by atoms with E-state index in [1.165, 1.54) is 12.8 Å². The third-order valence-corrected chi connectivity index (χ3v) is 4.10. The molecule has 110 valence electrons. The predicted octanol–water partition coefficient (Wildman–Crippen LogP) is 3.44. The van der Waals surface area contributed by atoms with Crippen molar-refractivity contribution in [3.63, 3.8) is 0 Å². The number of nitrogens with one attached hydrogen (secondary N) is 2. The lowest BCUT2D eigenvalue weighted by Gasteiger charge is -2.11. The molecule has 0 bridgehead atoms. The van der Waals surface area contributed by atoms with Gasteiger partial charge in [-0.3, -0.25) is 0 Å². The van der Waals surface area contributed by atoms with E-state index in [0.717, 1.165) is 34.2 Å². The van der Waals surface area contributed by atoms with Crippen molar-refractivity contribution in [1.82, 2.24) is 15.3 Å². The fourth-order valence-electron chi connectivity index (χ4n) is 2.15. The van der Waals surface area contributed by atoms with Crippen molar-refractivity contribution in [3.8, 4) is 5.75 Å². The third-order valence-electron chi connectivity index (χ3n) is 3.22. The second kappa shape index (κ2) is 7.55. The van der Waals surface area contributed by atoms with Crippen LogP contribution in [0.2, 0.25) is 0 Å². The number of methoxy groups -OCH3 is 1. The summed E-state index contributed by atoms with van der Waals surface area (Å²) in [6.07, 6.45) is 2.46. The number of imidazole rings is 1. The van der Waals surface area contributed by atoms with Gasteiger partial charge in [0.2, 0.25) is 0 Å². The molecule has 1 unspecified atom stereocenters. The first kappa shape index (κ1) is 15.2. The van der Waals surface area contributed by atoms with Gasteiger partial charge in [0.15, 0.2) is 5.16 Å². The zero-order chi connectivity index (χ0) is 14.4. The molecule has 2 aromatic rings. The molecule has 0 radical (unpaired) electrons. The van der Waals surface area contributed by atoms with Gasteiger partial charge in [-0.1, -0.05) is 25.1 Å². The van der Waals surface area contributed by atoms with Gasteiger partial charge in [0.05, 0.1) is 18.1 Å². The molecule has 0 saturated carbocycles. The average Bonchev–Trinajstić information content (AvgIpc) is 2.85. The first-order chi connectivity index (χ1) is 9.72. The Morgan fingerprint density at radius 2 is 2.30 bits per heavy atom. The summed E-state index contributed by atoms with van der Waals surface area (Å²) in [4.78, 5) is 7.89. The van der Waals surface area contributed by atoms with Gasteiger partial charge in [-0.2, -0.15) is 0 Å². The summed E-state index contributed by atoms with van der Waals surface area (Å²) in [6.45, 7) is 5.46. The second-order valence-corrected chi connectivity index (χ2v) is 6.00. The number of hydrogen-bond donors (Lipinski definition) is 2. The number of hydrogen-bond acceptors (Lipinski definition) is 4. The molecule has 0 aliphatic carbocycles. The summed E-state index contributed by atoms with van der Waals surface area (Å²) in [5, 5.41) is 4.49. The van der Waals surface area contributed by atoms with Crippen LogP contribution in [-0.4, -0.2) is 35.4 Å². The van der Waals surface area contributed by atoms with Crippen LogP contribution in [0.4, 0.5) is 0 Å². The lowest BCUT2D eigenvalue weighted by Crippen LogP contribution is -2.27. The SMILES string of the molecule is CCCC(C)NCCSc1nc2ccc(OC)cc2[nH]1. The van der Waals surface area contributed by atoms with E-state index in [0.29, 0.717) is 6.04 Å². The van der Waals surface area contributed by atoms with E-state index in [1.54, 1.807) is 18.9 Å². The van der Waals surface area contributed by atoms with Crippen molar-refractivity contribution < 1.29 is 4.74 Å². The van der Waals surface area contributed by atoms with Gasteiger partial charge < -0.3 is 15.0 Å². The Balaban J connectivity index is 1.84. The Hall–Kier alpha value is -1.20. The number of aromatic amines is 1. The van der Waals surface area contributed by atoms with Crippen LogP contribution in [0, 0.1) is 0 Å². The van der Waals surface area contributed by atoms with E-state index in [-0.39, 0.29) is 0 Å². The van der Waals surface area contributed by atoms with Gasteiger partial charge in [-0.15, -0.1) is 0 Å². The van der Waals surface area contributed by atoms with Gasteiger partial charge in [-0.05, 0) is 25.5 Å². The summed E-state index contributed by atoms with van der Waals surface area (Å²) in [5.41, 5.74) is 2.01. The number of aromatic nitrogens is 2. The van der Waals surface area contributed by atoms with E-state index >= 15 is 0 Å². The smallest absolute Gasteiger partial charge is 0.166 e. The minimum atomic E-state index is 0.598. The highest BCUT2D eigenvalue weighted by atomic mass is 32.2. The fourth-order valence-corrected chi connectivity index (χ4v) is 2.91. The van der Waals surface area contributed by atoms with Gasteiger partial charge in [0, 0.05) is 24.4 Å². The molecule has 1 heterocycles. The van der Waals surface area contributed by atoms with Crippen molar-refractivity contribution in [2.45, 2.75) is 37.9 Å². The summed E-state index contributed by atoms with van der Waals surface area (Å²) in [5.74, 6) is 1.87. The maximum atomic E-state index is 5.21. The molecule has 0 aliphatic rings. The van der Waals surface area contributed by atoms with Crippen LogP contribution in [0.1, 0.15) is 26.7 Å². The zero-order valence-electron chi connectivity index (χ0n) is 12.4. The maximum Gasteiger partial charge on any atom is 0.166 e. The lowest BCUT2D eigenvalue weighted by atomic mass is 10.2.